The van der Waals surface area contributed by atoms with Crippen LogP contribution >= 0.6 is 23.4 Å². The van der Waals surface area contributed by atoms with Gasteiger partial charge in [0.2, 0.25) is 5.91 Å². The normalized spacial score (nSPS) is 12.2. The topological polar surface area (TPSA) is 82.1 Å². The van der Waals surface area contributed by atoms with Crippen LogP contribution in [0.1, 0.15) is 6.92 Å². The second-order valence-electron chi connectivity index (χ2n) is 4.05. The number of carbonyl (C=O) groups excluding carboxylic acids is 1. The lowest BCUT2D eigenvalue weighted by Gasteiger charge is -2.10. The Kier molecular flexibility index (Phi) is 4.51. The summed E-state index contributed by atoms with van der Waals surface area (Å²) >= 11 is 6.86. The molecule has 0 spiro atoms. The lowest BCUT2D eigenvalue weighted by molar-refractivity contribution is -0.772. The molecule has 1 aromatic carbocycles. The third kappa shape index (κ3) is 3.43. The highest BCUT2D eigenvalue weighted by Gasteiger charge is 2.22. The van der Waals surface area contributed by atoms with Gasteiger partial charge in [0.15, 0.2) is 13.0 Å². The summed E-state index contributed by atoms with van der Waals surface area (Å²) in [5.74, 6) is -0.776. The smallest absolute Gasteiger partial charge is 0.291 e. The van der Waals surface area contributed by atoms with Crippen LogP contribution in [0, 0.1) is 0 Å². The Labute approximate surface area is 124 Å². The van der Waals surface area contributed by atoms with Crippen molar-refractivity contribution < 1.29 is 19.1 Å². The zero-order chi connectivity index (χ0) is 14.7. The molecule has 8 heteroatoms. The van der Waals surface area contributed by atoms with E-state index in [0.29, 0.717) is 10.7 Å². The van der Waals surface area contributed by atoms with E-state index in [0.717, 1.165) is 11.8 Å². The van der Waals surface area contributed by atoms with Crippen molar-refractivity contribution in [3.8, 4) is 5.95 Å². The maximum atomic E-state index is 12.0. The molecule has 0 fully saturated rings. The van der Waals surface area contributed by atoms with Crippen LogP contribution in [0.2, 0.25) is 5.02 Å². The zero-order valence-corrected chi connectivity index (χ0v) is 12.4. The van der Waals surface area contributed by atoms with E-state index in [9.17, 15) is 9.90 Å². The first-order chi connectivity index (χ1) is 9.47. The van der Waals surface area contributed by atoms with E-state index >= 15 is 0 Å². The molecule has 0 radical (unpaired) electrons. The molecule has 1 heterocycles. The summed E-state index contributed by atoms with van der Waals surface area (Å²) in [6, 6.07) is 6.78. The lowest BCUT2D eigenvalue weighted by atomic mass is 10.3. The number of aromatic nitrogens is 2. The van der Waals surface area contributed by atoms with Gasteiger partial charge in [-0.05, 0) is 43.0 Å². The highest BCUT2D eigenvalue weighted by atomic mass is 35.5. The van der Waals surface area contributed by atoms with Gasteiger partial charge in [0.05, 0.1) is 10.5 Å². The van der Waals surface area contributed by atoms with Crippen molar-refractivity contribution >= 4 is 35.0 Å². The summed E-state index contributed by atoms with van der Waals surface area (Å²) in [5, 5.41) is 18.0. The van der Waals surface area contributed by atoms with Gasteiger partial charge in [0.1, 0.15) is 0 Å². The van der Waals surface area contributed by atoms with Crippen LogP contribution in [0.4, 0.5) is 5.69 Å². The molecule has 0 saturated heterocycles. The summed E-state index contributed by atoms with van der Waals surface area (Å²) in [6.45, 7) is 1.70. The first-order valence-corrected chi connectivity index (χ1v) is 6.99. The molecule has 0 aliphatic heterocycles. The Bertz CT molecular complexity index is 595. The highest BCUT2D eigenvalue weighted by Crippen LogP contribution is 2.26. The van der Waals surface area contributed by atoms with Gasteiger partial charge in [-0.25, -0.2) is 0 Å². The monoisotopic (exact) mass is 313 g/mol. The van der Waals surface area contributed by atoms with Gasteiger partial charge in [0.25, 0.3) is 5.03 Å². The zero-order valence-electron chi connectivity index (χ0n) is 10.8. The molecule has 106 valence electrons. The number of amides is 1. The molecule has 6 nitrogen and oxygen atoms in total. The van der Waals surface area contributed by atoms with E-state index in [1.165, 1.54) is 4.68 Å². The van der Waals surface area contributed by atoms with E-state index < -0.39 is 11.2 Å². The predicted molar refractivity (Wildman–Crippen MR) is 72.5 cm³/mol. The van der Waals surface area contributed by atoms with E-state index in [1.807, 2.05) is 0 Å². The van der Waals surface area contributed by atoms with Crippen molar-refractivity contribution in [2.75, 3.05) is 5.32 Å². The Hall–Kier alpha value is -1.73. The van der Waals surface area contributed by atoms with E-state index in [2.05, 4.69) is 15.1 Å². The first kappa shape index (κ1) is 14.7. The Morgan fingerprint density at radius 1 is 1.50 bits per heavy atom. The van der Waals surface area contributed by atoms with E-state index in [-0.39, 0.29) is 10.9 Å². The van der Waals surface area contributed by atoms with Crippen LogP contribution in [-0.2, 0) is 11.8 Å². The third-order valence-electron chi connectivity index (χ3n) is 2.48. The minimum atomic E-state index is -0.552. The number of aryl methyl sites for hydroxylation is 1. The first-order valence-electron chi connectivity index (χ1n) is 5.73. The second kappa shape index (κ2) is 6.15. The Morgan fingerprint density at radius 3 is 2.70 bits per heavy atom. The molecule has 2 aromatic rings. The van der Waals surface area contributed by atoms with Crippen molar-refractivity contribution in [3.05, 3.63) is 29.3 Å². The average Bonchev–Trinajstić information content (AvgIpc) is 2.73. The lowest BCUT2D eigenvalue weighted by Crippen LogP contribution is -2.33. The fraction of sp³-hybridized carbons (Fsp3) is 0.250. The molecule has 1 amide bonds. The number of hydrogen-bond acceptors (Lipinski definition) is 5. The standard InChI is InChI=1S/C12H12ClN3O3S/c1-7(20-11-12(18)19-15-16(11)2)10(17)14-9-5-3-8(13)4-6-9/h3-7H,1-2H3,(H-,14,15,17,18). The van der Waals surface area contributed by atoms with Gasteiger partial charge in [-0.2, -0.15) is 0 Å². The highest BCUT2D eigenvalue weighted by molar-refractivity contribution is 8.00. The molecule has 0 bridgehead atoms. The van der Waals surface area contributed by atoms with E-state index in [1.54, 1.807) is 38.2 Å². The van der Waals surface area contributed by atoms with Gasteiger partial charge in [-0.15, -0.1) is 0 Å². The molecule has 1 unspecified atom stereocenters. The summed E-state index contributed by atoms with van der Waals surface area (Å²) < 4.78 is 5.80. The maximum absolute atomic E-state index is 12.0. The van der Waals surface area contributed by atoms with Gasteiger partial charge in [0, 0.05) is 10.7 Å². The Balaban J connectivity index is 2.00. The molecule has 0 saturated carbocycles. The summed E-state index contributed by atoms with van der Waals surface area (Å²) in [6.07, 6.45) is 0. The molecular weight excluding hydrogens is 302 g/mol. The molecule has 1 aromatic heterocycles. The summed E-state index contributed by atoms with van der Waals surface area (Å²) in [4.78, 5) is 12.0. The average molecular weight is 314 g/mol. The largest absolute Gasteiger partial charge is 0.538 e. The predicted octanol–water partition coefficient (Wildman–Crippen LogP) is 1.35. The third-order valence-corrected chi connectivity index (χ3v) is 3.96. The fourth-order valence-corrected chi connectivity index (χ4v) is 2.38. The minimum Gasteiger partial charge on any atom is -0.538 e. The summed E-state index contributed by atoms with van der Waals surface area (Å²) in [5.41, 5.74) is 0.642. The van der Waals surface area contributed by atoms with Crippen LogP contribution in [-0.4, -0.2) is 16.4 Å². The van der Waals surface area contributed by atoms with Crippen LogP contribution in [0.3, 0.4) is 0 Å². The second-order valence-corrected chi connectivity index (χ2v) is 5.81. The van der Waals surface area contributed by atoms with Gasteiger partial charge in [-0.3, -0.25) is 4.79 Å². The molecule has 1 atom stereocenters. The van der Waals surface area contributed by atoms with Crippen molar-refractivity contribution in [1.82, 2.24) is 5.27 Å². The number of thioether (sulfide) groups is 1. The number of hydrogen-bond donors (Lipinski definition) is 1. The molecule has 20 heavy (non-hydrogen) atoms. The number of halogens is 1. The van der Waals surface area contributed by atoms with Crippen LogP contribution in [0.25, 0.3) is 0 Å². The molecule has 2 rings (SSSR count). The van der Waals surface area contributed by atoms with Gasteiger partial charge >= 0.3 is 0 Å². The van der Waals surface area contributed by atoms with Crippen molar-refractivity contribution in [1.29, 1.82) is 0 Å². The minimum absolute atomic E-state index is 0.224. The number of benzene rings is 1. The van der Waals surface area contributed by atoms with Crippen LogP contribution < -0.4 is 15.1 Å². The molecule has 0 aliphatic rings. The number of nitrogens with one attached hydrogen (secondary N) is 1. The van der Waals surface area contributed by atoms with E-state index in [4.69, 9.17) is 11.6 Å². The fourth-order valence-electron chi connectivity index (χ4n) is 1.43. The maximum Gasteiger partial charge on any atom is 0.291 e. The number of carbonyl (C=O) groups is 1. The number of nitrogens with zero attached hydrogens (tertiary/aromatic N) is 2. The van der Waals surface area contributed by atoms with Crippen LogP contribution in [0.5, 0.6) is 5.95 Å². The van der Waals surface area contributed by atoms with Crippen molar-refractivity contribution in [2.45, 2.75) is 17.2 Å². The molecule has 1 N–H and O–H groups in total. The Morgan fingerprint density at radius 2 is 2.15 bits per heavy atom. The quantitative estimate of drug-likeness (QED) is 0.680. The van der Waals surface area contributed by atoms with Crippen LogP contribution in [0.15, 0.2) is 33.8 Å². The number of rotatable bonds is 4. The van der Waals surface area contributed by atoms with Crippen molar-refractivity contribution in [3.63, 3.8) is 0 Å². The molecule has 0 aliphatic carbocycles. The molecular formula is C12H12ClN3O3S. The SMILES string of the molecule is CC(Sc1c([O-])on[n+]1C)C(=O)Nc1ccc(Cl)cc1. The summed E-state index contributed by atoms with van der Waals surface area (Å²) in [7, 11) is 1.58. The van der Waals surface area contributed by atoms with Gasteiger partial charge in [-0.1, -0.05) is 16.3 Å². The van der Waals surface area contributed by atoms with Crippen molar-refractivity contribution in [2.24, 2.45) is 7.05 Å². The number of anilines is 1. The van der Waals surface area contributed by atoms with Gasteiger partial charge < -0.3 is 14.9 Å².